The molecule has 100 valence electrons. The Bertz CT molecular complexity index is 562. The molecule has 1 heterocycles. The lowest BCUT2D eigenvalue weighted by Crippen LogP contribution is -2.24. The van der Waals surface area contributed by atoms with Gasteiger partial charge >= 0.3 is 0 Å². The zero-order chi connectivity index (χ0) is 13.8. The van der Waals surface area contributed by atoms with Crippen LogP contribution in [0, 0.1) is 5.82 Å². The number of aromatic amines is 1. The van der Waals surface area contributed by atoms with Crippen LogP contribution >= 0.6 is 0 Å². The minimum Gasteiger partial charge on any atom is -0.345 e. The molecule has 0 aliphatic rings. The first-order valence-corrected chi connectivity index (χ1v) is 6.01. The molecule has 1 aromatic heterocycles. The van der Waals surface area contributed by atoms with Crippen molar-refractivity contribution in [2.45, 2.75) is 26.3 Å². The number of nitrogens with zero attached hydrogens (tertiary/aromatic N) is 2. The molecule has 2 rings (SSSR count). The van der Waals surface area contributed by atoms with E-state index < -0.39 is 0 Å². The van der Waals surface area contributed by atoms with E-state index in [-0.39, 0.29) is 23.5 Å². The summed E-state index contributed by atoms with van der Waals surface area (Å²) in [5, 5.41) is 9.26. The molecule has 0 unspecified atom stereocenters. The predicted octanol–water partition coefficient (Wildman–Crippen LogP) is 2.00. The Kier molecular flexibility index (Phi) is 3.89. The first kappa shape index (κ1) is 13.2. The standard InChI is InChI=1S/C13H15FN4O/c1-8(2)11-16-12(18-17-11)13(19)15-7-9-3-5-10(14)6-4-9/h3-6,8H,7H2,1-2H3,(H,15,19)(H,16,17,18). The molecule has 2 N–H and O–H groups in total. The second-order valence-electron chi connectivity index (χ2n) is 4.51. The Labute approximate surface area is 110 Å². The van der Waals surface area contributed by atoms with Gasteiger partial charge in [-0.3, -0.25) is 9.89 Å². The molecule has 0 aliphatic heterocycles. The molecule has 5 nitrogen and oxygen atoms in total. The molecule has 0 fully saturated rings. The Morgan fingerprint density at radius 2 is 2.05 bits per heavy atom. The average Bonchev–Trinajstić information content (AvgIpc) is 2.87. The van der Waals surface area contributed by atoms with Crippen LogP contribution in [0.4, 0.5) is 4.39 Å². The Morgan fingerprint density at radius 1 is 1.37 bits per heavy atom. The van der Waals surface area contributed by atoms with Gasteiger partial charge in [-0.15, -0.1) is 5.10 Å². The largest absolute Gasteiger partial charge is 0.345 e. The highest BCUT2D eigenvalue weighted by Gasteiger charge is 2.13. The average molecular weight is 262 g/mol. The fraction of sp³-hybridized carbons (Fsp3) is 0.308. The van der Waals surface area contributed by atoms with Crippen molar-refractivity contribution in [2.75, 3.05) is 0 Å². The van der Waals surface area contributed by atoms with Gasteiger partial charge in [0, 0.05) is 12.5 Å². The molecular formula is C13H15FN4O. The molecule has 0 saturated heterocycles. The maximum atomic E-state index is 12.7. The van der Waals surface area contributed by atoms with Gasteiger partial charge in [0.1, 0.15) is 11.6 Å². The summed E-state index contributed by atoms with van der Waals surface area (Å²) >= 11 is 0. The van der Waals surface area contributed by atoms with Gasteiger partial charge in [-0.2, -0.15) is 0 Å². The number of halogens is 1. The third-order valence-electron chi connectivity index (χ3n) is 2.62. The van der Waals surface area contributed by atoms with Crippen LogP contribution in [0.3, 0.4) is 0 Å². The summed E-state index contributed by atoms with van der Waals surface area (Å²) in [6.45, 7) is 4.23. The maximum Gasteiger partial charge on any atom is 0.291 e. The van der Waals surface area contributed by atoms with Crippen LogP contribution in [0.15, 0.2) is 24.3 Å². The zero-order valence-electron chi connectivity index (χ0n) is 10.8. The van der Waals surface area contributed by atoms with Gasteiger partial charge in [0.2, 0.25) is 5.82 Å². The smallest absolute Gasteiger partial charge is 0.291 e. The van der Waals surface area contributed by atoms with Crippen LogP contribution in [0.25, 0.3) is 0 Å². The minimum atomic E-state index is -0.354. The highest BCUT2D eigenvalue weighted by Crippen LogP contribution is 2.07. The summed E-state index contributed by atoms with van der Waals surface area (Å²) in [7, 11) is 0. The molecule has 0 aliphatic carbocycles. The summed E-state index contributed by atoms with van der Waals surface area (Å²) in [6.07, 6.45) is 0. The minimum absolute atomic E-state index is 0.116. The van der Waals surface area contributed by atoms with E-state index in [1.165, 1.54) is 12.1 Å². The summed E-state index contributed by atoms with van der Waals surface area (Å²) < 4.78 is 12.7. The molecular weight excluding hydrogens is 247 g/mol. The lowest BCUT2D eigenvalue weighted by Gasteiger charge is -2.02. The Hall–Kier alpha value is -2.24. The monoisotopic (exact) mass is 262 g/mol. The fourth-order valence-corrected chi connectivity index (χ4v) is 1.50. The normalized spacial score (nSPS) is 10.7. The number of benzene rings is 1. The Balaban J connectivity index is 1.95. The van der Waals surface area contributed by atoms with Gasteiger partial charge in [-0.25, -0.2) is 9.37 Å². The number of aromatic nitrogens is 3. The van der Waals surface area contributed by atoms with Crippen LogP contribution in [-0.4, -0.2) is 21.1 Å². The molecule has 1 aromatic carbocycles. The SMILES string of the molecule is CC(C)c1nc(C(=O)NCc2ccc(F)cc2)n[nH]1. The highest BCUT2D eigenvalue weighted by molar-refractivity contribution is 5.90. The fourth-order valence-electron chi connectivity index (χ4n) is 1.50. The van der Waals surface area contributed by atoms with Crippen LogP contribution in [0.1, 0.15) is 41.8 Å². The van der Waals surface area contributed by atoms with E-state index in [1.54, 1.807) is 12.1 Å². The molecule has 0 bridgehead atoms. The van der Waals surface area contributed by atoms with Crippen LogP contribution in [0.5, 0.6) is 0 Å². The van der Waals surface area contributed by atoms with Crippen molar-refractivity contribution in [1.82, 2.24) is 20.5 Å². The van der Waals surface area contributed by atoms with Gasteiger partial charge in [0.25, 0.3) is 5.91 Å². The molecule has 19 heavy (non-hydrogen) atoms. The van der Waals surface area contributed by atoms with E-state index in [2.05, 4.69) is 20.5 Å². The van der Waals surface area contributed by atoms with Crippen molar-refractivity contribution < 1.29 is 9.18 Å². The van der Waals surface area contributed by atoms with Crippen molar-refractivity contribution in [2.24, 2.45) is 0 Å². The van der Waals surface area contributed by atoms with Gasteiger partial charge in [0.15, 0.2) is 0 Å². The molecule has 0 radical (unpaired) electrons. The van der Waals surface area contributed by atoms with Crippen LogP contribution < -0.4 is 5.32 Å². The number of carbonyl (C=O) groups is 1. The molecule has 0 atom stereocenters. The summed E-state index contributed by atoms with van der Waals surface area (Å²) in [5.74, 6) is 0.321. The predicted molar refractivity (Wildman–Crippen MR) is 68.0 cm³/mol. The number of carbonyl (C=O) groups excluding carboxylic acids is 1. The number of hydrogen-bond acceptors (Lipinski definition) is 3. The third kappa shape index (κ3) is 3.37. The summed E-state index contributed by atoms with van der Waals surface area (Å²) in [4.78, 5) is 15.9. The van der Waals surface area contributed by atoms with Crippen LogP contribution in [0.2, 0.25) is 0 Å². The second kappa shape index (κ2) is 5.60. The third-order valence-corrected chi connectivity index (χ3v) is 2.62. The van der Waals surface area contributed by atoms with Gasteiger partial charge in [-0.05, 0) is 17.7 Å². The van der Waals surface area contributed by atoms with Crippen molar-refractivity contribution in [1.29, 1.82) is 0 Å². The first-order valence-electron chi connectivity index (χ1n) is 6.01. The number of H-pyrrole nitrogens is 1. The van der Waals surface area contributed by atoms with Gasteiger partial charge in [0.05, 0.1) is 0 Å². The Morgan fingerprint density at radius 3 is 2.63 bits per heavy atom. The molecule has 6 heteroatoms. The van der Waals surface area contributed by atoms with E-state index in [4.69, 9.17) is 0 Å². The molecule has 2 aromatic rings. The number of nitrogens with one attached hydrogen (secondary N) is 2. The topological polar surface area (TPSA) is 70.7 Å². The van der Waals surface area contributed by atoms with Crippen molar-refractivity contribution in [3.05, 3.63) is 47.3 Å². The zero-order valence-corrected chi connectivity index (χ0v) is 10.8. The lowest BCUT2D eigenvalue weighted by molar-refractivity contribution is 0.0941. The van der Waals surface area contributed by atoms with Gasteiger partial charge < -0.3 is 5.32 Å². The van der Waals surface area contributed by atoms with E-state index in [1.807, 2.05) is 13.8 Å². The summed E-state index contributed by atoms with van der Waals surface area (Å²) in [6, 6.07) is 5.94. The molecule has 0 spiro atoms. The van der Waals surface area contributed by atoms with Crippen molar-refractivity contribution in [3.63, 3.8) is 0 Å². The maximum absolute atomic E-state index is 12.7. The van der Waals surface area contributed by atoms with E-state index in [0.29, 0.717) is 12.4 Å². The van der Waals surface area contributed by atoms with E-state index in [9.17, 15) is 9.18 Å². The number of hydrogen-bond donors (Lipinski definition) is 2. The molecule has 1 amide bonds. The second-order valence-corrected chi connectivity index (χ2v) is 4.51. The highest BCUT2D eigenvalue weighted by atomic mass is 19.1. The lowest BCUT2D eigenvalue weighted by atomic mass is 10.2. The van der Waals surface area contributed by atoms with Crippen molar-refractivity contribution in [3.8, 4) is 0 Å². The first-order chi connectivity index (χ1) is 9.06. The van der Waals surface area contributed by atoms with Crippen molar-refractivity contribution >= 4 is 5.91 Å². The van der Waals surface area contributed by atoms with E-state index >= 15 is 0 Å². The summed E-state index contributed by atoms with van der Waals surface area (Å²) in [5.41, 5.74) is 0.814. The number of rotatable bonds is 4. The number of amides is 1. The van der Waals surface area contributed by atoms with Crippen LogP contribution in [-0.2, 0) is 6.54 Å². The molecule has 0 saturated carbocycles. The quantitative estimate of drug-likeness (QED) is 0.885. The van der Waals surface area contributed by atoms with E-state index in [0.717, 1.165) is 5.56 Å². The van der Waals surface area contributed by atoms with Gasteiger partial charge in [-0.1, -0.05) is 26.0 Å².